The Morgan fingerprint density at radius 3 is 2.90 bits per heavy atom. The van der Waals surface area contributed by atoms with Gasteiger partial charge in [-0.25, -0.2) is 9.79 Å². The highest BCUT2D eigenvalue weighted by Gasteiger charge is 2.16. The van der Waals surface area contributed by atoms with Crippen LogP contribution in [0.3, 0.4) is 0 Å². The van der Waals surface area contributed by atoms with Crippen LogP contribution in [0.2, 0.25) is 0 Å². The van der Waals surface area contributed by atoms with Crippen molar-refractivity contribution in [2.45, 2.75) is 20.3 Å². The van der Waals surface area contributed by atoms with Gasteiger partial charge in [0.05, 0.1) is 0 Å². The van der Waals surface area contributed by atoms with Crippen molar-refractivity contribution in [3.8, 4) is 0 Å². The molecule has 0 fully saturated rings. The highest BCUT2D eigenvalue weighted by atomic mass is 16.5. The summed E-state index contributed by atoms with van der Waals surface area (Å²) in [6.45, 7) is 3.85. The summed E-state index contributed by atoms with van der Waals surface area (Å²) >= 11 is 0. The zero-order chi connectivity index (χ0) is 7.56. The second-order valence-corrected chi connectivity index (χ2v) is 2.12. The van der Waals surface area contributed by atoms with Crippen LogP contribution in [0.1, 0.15) is 20.3 Å². The number of allylic oxidation sites excluding steroid dienone is 1. The molecule has 0 aromatic carbocycles. The molecule has 0 bridgehead atoms. The smallest absolute Gasteiger partial charge is 0.363 e. The standard InChI is InChI=1S/C7H9NO2/c1-3-5(2)6-7(9)10-4-8-6/h4H,3H2,1-2H3/b6-5-. The molecule has 1 aliphatic rings. The molecule has 0 unspecified atom stereocenters. The number of aliphatic imine (C=N–C) groups is 1. The van der Waals surface area contributed by atoms with E-state index in [9.17, 15) is 4.79 Å². The lowest BCUT2D eigenvalue weighted by Gasteiger charge is -1.94. The van der Waals surface area contributed by atoms with Crippen molar-refractivity contribution in [2.75, 3.05) is 0 Å². The number of rotatable bonds is 1. The van der Waals surface area contributed by atoms with Crippen LogP contribution in [-0.2, 0) is 9.53 Å². The van der Waals surface area contributed by atoms with Crippen LogP contribution < -0.4 is 0 Å². The van der Waals surface area contributed by atoms with Gasteiger partial charge in [-0.1, -0.05) is 6.92 Å². The largest absolute Gasteiger partial charge is 0.410 e. The van der Waals surface area contributed by atoms with Crippen LogP contribution in [-0.4, -0.2) is 12.4 Å². The summed E-state index contributed by atoms with van der Waals surface area (Å²) < 4.78 is 4.50. The predicted molar refractivity (Wildman–Crippen MR) is 37.6 cm³/mol. The summed E-state index contributed by atoms with van der Waals surface area (Å²) in [7, 11) is 0. The number of cyclic esters (lactones) is 1. The van der Waals surface area contributed by atoms with Gasteiger partial charge in [0.25, 0.3) is 0 Å². The Bertz CT molecular complexity index is 216. The van der Waals surface area contributed by atoms with Gasteiger partial charge < -0.3 is 4.74 Å². The zero-order valence-corrected chi connectivity index (χ0v) is 6.05. The quantitative estimate of drug-likeness (QED) is 0.405. The molecule has 54 valence electrons. The maximum atomic E-state index is 10.8. The molecule has 0 saturated heterocycles. The summed E-state index contributed by atoms with van der Waals surface area (Å²) in [5, 5.41) is 0. The number of carbonyl (C=O) groups is 1. The van der Waals surface area contributed by atoms with Crippen molar-refractivity contribution in [1.29, 1.82) is 0 Å². The lowest BCUT2D eigenvalue weighted by Crippen LogP contribution is -1.98. The van der Waals surface area contributed by atoms with Crippen molar-refractivity contribution in [1.82, 2.24) is 0 Å². The Labute approximate surface area is 59.4 Å². The molecular weight excluding hydrogens is 130 g/mol. The number of esters is 1. The molecule has 0 saturated carbocycles. The molecule has 0 aromatic rings. The molecular formula is C7H9NO2. The molecule has 0 atom stereocenters. The van der Waals surface area contributed by atoms with E-state index in [0.717, 1.165) is 12.0 Å². The first-order valence-corrected chi connectivity index (χ1v) is 3.19. The Morgan fingerprint density at radius 1 is 1.80 bits per heavy atom. The van der Waals surface area contributed by atoms with E-state index in [1.54, 1.807) is 0 Å². The second kappa shape index (κ2) is 2.64. The fourth-order valence-electron chi connectivity index (χ4n) is 0.687. The third kappa shape index (κ3) is 1.07. The molecule has 3 heteroatoms. The van der Waals surface area contributed by atoms with E-state index in [-0.39, 0.29) is 5.97 Å². The summed E-state index contributed by atoms with van der Waals surface area (Å²) in [5.74, 6) is -0.334. The minimum atomic E-state index is -0.334. The average Bonchev–Trinajstić information content (AvgIpc) is 2.34. The first kappa shape index (κ1) is 6.99. The van der Waals surface area contributed by atoms with Crippen LogP contribution in [0.25, 0.3) is 0 Å². The van der Waals surface area contributed by atoms with Gasteiger partial charge in [0.15, 0.2) is 12.1 Å². The van der Waals surface area contributed by atoms with Gasteiger partial charge in [0.2, 0.25) is 0 Å². The average molecular weight is 139 g/mol. The molecule has 1 rings (SSSR count). The zero-order valence-electron chi connectivity index (χ0n) is 6.05. The number of carbonyl (C=O) groups excluding carboxylic acids is 1. The molecule has 0 spiro atoms. The molecule has 0 amide bonds. The number of hydrogen-bond donors (Lipinski definition) is 0. The molecule has 1 heterocycles. The van der Waals surface area contributed by atoms with Crippen LogP contribution in [0.15, 0.2) is 16.3 Å². The summed E-state index contributed by atoms with van der Waals surface area (Å²) in [4.78, 5) is 14.5. The Kier molecular flexibility index (Phi) is 1.85. The van der Waals surface area contributed by atoms with E-state index < -0.39 is 0 Å². The minimum absolute atomic E-state index is 0.334. The van der Waals surface area contributed by atoms with Gasteiger partial charge >= 0.3 is 5.97 Å². The van der Waals surface area contributed by atoms with Crippen molar-refractivity contribution < 1.29 is 9.53 Å². The van der Waals surface area contributed by atoms with E-state index in [4.69, 9.17) is 0 Å². The van der Waals surface area contributed by atoms with Gasteiger partial charge in [-0.3, -0.25) is 0 Å². The third-order valence-electron chi connectivity index (χ3n) is 1.47. The number of hydrogen-bond acceptors (Lipinski definition) is 3. The van der Waals surface area contributed by atoms with Crippen molar-refractivity contribution >= 4 is 12.4 Å². The fraction of sp³-hybridized carbons (Fsp3) is 0.429. The molecule has 0 aliphatic carbocycles. The van der Waals surface area contributed by atoms with Crippen molar-refractivity contribution in [3.63, 3.8) is 0 Å². The van der Waals surface area contributed by atoms with Gasteiger partial charge in [-0.05, 0) is 18.9 Å². The first-order chi connectivity index (χ1) is 4.75. The van der Waals surface area contributed by atoms with Crippen LogP contribution in [0.4, 0.5) is 0 Å². The lowest BCUT2D eigenvalue weighted by atomic mass is 10.2. The third-order valence-corrected chi connectivity index (χ3v) is 1.47. The van der Waals surface area contributed by atoms with Gasteiger partial charge in [0.1, 0.15) is 0 Å². The van der Waals surface area contributed by atoms with Gasteiger partial charge in [-0.2, -0.15) is 0 Å². The second-order valence-electron chi connectivity index (χ2n) is 2.12. The first-order valence-electron chi connectivity index (χ1n) is 3.19. The molecule has 0 N–H and O–H groups in total. The molecule has 3 nitrogen and oxygen atoms in total. The van der Waals surface area contributed by atoms with Crippen LogP contribution >= 0.6 is 0 Å². The van der Waals surface area contributed by atoms with Crippen molar-refractivity contribution in [2.24, 2.45) is 4.99 Å². The highest BCUT2D eigenvalue weighted by Crippen LogP contribution is 2.13. The molecule has 0 aromatic heterocycles. The number of ether oxygens (including phenoxy) is 1. The summed E-state index contributed by atoms with van der Waals surface area (Å²) in [6, 6.07) is 0. The number of nitrogens with zero attached hydrogens (tertiary/aromatic N) is 1. The fourth-order valence-corrected chi connectivity index (χ4v) is 0.687. The van der Waals surface area contributed by atoms with Crippen molar-refractivity contribution in [3.05, 3.63) is 11.3 Å². The monoisotopic (exact) mass is 139 g/mol. The van der Waals surface area contributed by atoms with E-state index in [1.165, 1.54) is 6.40 Å². The van der Waals surface area contributed by atoms with E-state index in [2.05, 4.69) is 9.73 Å². The predicted octanol–water partition coefficient (Wildman–Crippen LogP) is 1.26. The van der Waals surface area contributed by atoms with Gasteiger partial charge in [-0.15, -0.1) is 0 Å². The maximum absolute atomic E-state index is 10.8. The summed E-state index contributed by atoms with van der Waals surface area (Å²) in [6.07, 6.45) is 2.01. The Morgan fingerprint density at radius 2 is 2.50 bits per heavy atom. The Hall–Kier alpha value is -1.12. The highest BCUT2D eigenvalue weighted by molar-refractivity contribution is 5.98. The summed E-state index contributed by atoms with van der Waals surface area (Å²) in [5.41, 5.74) is 1.43. The SMILES string of the molecule is CC/C(C)=C1\N=COC1=O. The van der Waals surface area contributed by atoms with Crippen LogP contribution in [0.5, 0.6) is 0 Å². The van der Waals surface area contributed by atoms with Gasteiger partial charge in [0, 0.05) is 0 Å². The normalized spacial score (nSPS) is 21.2. The lowest BCUT2D eigenvalue weighted by molar-refractivity contribution is -0.129. The van der Waals surface area contributed by atoms with E-state index in [0.29, 0.717) is 5.70 Å². The Balaban J connectivity index is 2.90. The van der Waals surface area contributed by atoms with E-state index >= 15 is 0 Å². The van der Waals surface area contributed by atoms with Crippen LogP contribution in [0, 0.1) is 0 Å². The minimum Gasteiger partial charge on any atom is -0.410 e. The molecule has 10 heavy (non-hydrogen) atoms. The topological polar surface area (TPSA) is 38.7 Å². The molecule has 1 aliphatic heterocycles. The maximum Gasteiger partial charge on any atom is 0.363 e. The molecule has 0 radical (unpaired) electrons. The van der Waals surface area contributed by atoms with E-state index in [1.807, 2.05) is 13.8 Å².